The van der Waals surface area contributed by atoms with Crippen molar-refractivity contribution in [3.63, 3.8) is 0 Å². The van der Waals surface area contributed by atoms with E-state index in [-0.39, 0.29) is 41.6 Å². The highest BCUT2D eigenvalue weighted by molar-refractivity contribution is 5.96. The molecule has 3 atom stereocenters. The Bertz CT molecular complexity index is 731. The smallest absolute Gasteiger partial charge is 0.263 e. The van der Waals surface area contributed by atoms with E-state index in [1.54, 1.807) is 4.57 Å². The molecule has 24 heavy (non-hydrogen) atoms. The molecule has 0 spiro atoms. The minimum atomic E-state index is -0.184. The summed E-state index contributed by atoms with van der Waals surface area (Å²) in [6.45, 7) is 4.06. The summed E-state index contributed by atoms with van der Waals surface area (Å²) in [5.41, 5.74) is 0.780. The summed E-state index contributed by atoms with van der Waals surface area (Å²) >= 11 is 0. The van der Waals surface area contributed by atoms with Crippen molar-refractivity contribution >= 4 is 5.91 Å². The fourth-order valence-electron chi connectivity index (χ4n) is 4.93. The molecule has 1 aromatic rings. The molecule has 2 saturated heterocycles. The zero-order chi connectivity index (χ0) is 17.1. The lowest BCUT2D eigenvalue weighted by atomic mass is 9.72. The molecule has 3 heterocycles. The molecule has 130 valence electrons. The lowest BCUT2D eigenvalue weighted by molar-refractivity contribution is 0.0554. The number of aromatic nitrogens is 1. The van der Waals surface area contributed by atoms with E-state index in [1.807, 2.05) is 24.1 Å². The average Bonchev–Trinajstić information content (AvgIpc) is 3.26. The molecule has 2 bridgehead atoms. The minimum absolute atomic E-state index is 0.0679. The van der Waals surface area contributed by atoms with Crippen LogP contribution in [0.5, 0.6) is 0 Å². The standard InChI is InChI=1S/C19H26N2O3/c1-3-19(11-22)10-14-6-7-15(19)21(14)18(24)16-12(2)8-9-20(17(16)23)13-4-5-13/h8-9,13-15,22H,3-7,10-11H2,1-2H3/t14-,15+,19-/m1/s1. The maximum Gasteiger partial charge on any atom is 0.263 e. The topological polar surface area (TPSA) is 62.5 Å². The summed E-state index contributed by atoms with van der Waals surface area (Å²) in [6, 6.07) is 2.40. The Hall–Kier alpha value is -1.62. The van der Waals surface area contributed by atoms with Crippen molar-refractivity contribution in [1.29, 1.82) is 0 Å². The molecule has 0 radical (unpaired) electrons. The number of hydrogen-bond donors (Lipinski definition) is 1. The zero-order valence-electron chi connectivity index (χ0n) is 14.5. The number of fused-ring (bicyclic) bond motifs is 2. The SMILES string of the molecule is CC[C@]1(CO)C[C@H]2CC[C@@H]1N2C(=O)c1c(C)ccn(C2CC2)c1=O. The third kappa shape index (κ3) is 2.10. The van der Waals surface area contributed by atoms with Gasteiger partial charge in [0.1, 0.15) is 5.56 Å². The van der Waals surface area contributed by atoms with Crippen LogP contribution in [0.3, 0.4) is 0 Å². The summed E-state index contributed by atoms with van der Waals surface area (Å²) < 4.78 is 1.73. The molecule has 3 fully saturated rings. The van der Waals surface area contributed by atoms with Gasteiger partial charge in [0.15, 0.2) is 0 Å². The number of hydrogen-bond acceptors (Lipinski definition) is 3. The van der Waals surface area contributed by atoms with E-state index < -0.39 is 0 Å². The fourth-order valence-corrected chi connectivity index (χ4v) is 4.93. The van der Waals surface area contributed by atoms with Crippen molar-refractivity contribution < 1.29 is 9.90 Å². The highest BCUT2D eigenvalue weighted by atomic mass is 16.3. The van der Waals surface area contributed by atoms with E-state index in [4.69, 9.17) is 0 Å². The highest BCUT2D eigenvalue weighted by Gasteiger charge is 2.56. The normalized spacial score (nSPS) is 31.7. The van der Waals surface area contributed by atoms with E-state index in [2.05, 4.69) is 6.92 Å². The first-order valence-electron chi connectivity index (χ1n) is 9.17. The molecule has 1 N–H and O–H groups in total. The van der Waals surface area contributed by atoms with Gasteiger partial charge in [-0.2, -0.15) is 0 Å². The Labute approximate surface area is 142 Å². The molecular weight excluding hydrogens is 304 g/mol. The van der Waals surface area contributed by atoms with Crippen LogP contribution in [0.15, 0.2) is 17.1 Å². The Kier molecular flexibility index (Phi) is 3.60. The first kappa shape index (κ1) is 15.9. The van der Waals surface area contributed by atoms with Crippen molar-refractivity contribution in [2.24, 2.45) is 5.41 Å². The second kappa shape index (κ2) is 5.45. The highest BCUT2D eigenvalue weighted by Crippen LogP contribution is 2.51. The van der Waals surface area contributed by atoms with Gasteiger partial charge in [-0.05, 0) is 57.1 Å². The van der Waals surface area contributed by atoms with Gasteiger partial charge in [0, 0.05) is 29.7 Å². The van der Waals surface area contributed by atoms with Crippen LogP contribution in [0.2, 0.25) is 0 Å². The second-order valence-electron chi connectivity index (χ2n) is 7.85. The molecule has 0 unspecified atom stereocenters. The van der Waals surface area contributed by atoms with Crippen LogP contribution in [-0.4, -0.2) is 39.2 Å². The second-order valence-corrected chi connectivity index (χ2v) is 7.85. The van der Waals surface area contributed by atoms with Crippen molar-refractivity contribution in [1.82, 2.24) is 9.47 Å². The first-order valence-corrected chi connectivity index (χ1v) is 9.17. The average molecular weight is 330 g/mol. The van der Waals surface area contributed by atoms with Gasteiger partial charge in [-0.25, -0.2) is 0 Å². The lowest BCUT2D eigenvalue weighted by Crippen LogP contribution is -2.44. The van der Waals surface area contributed by atoms with Crippen molar-refractivity contribution in [3.8, 4) is 0 Å². The first-order chi connectivity index (χ1) is 11.5. The summed E-state index contributed by atoms with van der Waals surface area (Å²) in [5.74, 6) is -0.122. The molecule has 3 aliphatic rings. The number of carbonyl (C=O) groups excluding carboxylic acids is 1. The van der Waals surface area contributed by atoms with Gasteiger partial charge in [0.05, 0.1) is 6.61 Å². The van der Waals surface area contributed by atoms with Crippen LogP contribution < -0.4 is 5.56 Å². The van der Waals surface area contributed by atoms with E-state index in [0.29, 0.717) is 5.56 Å². The number of aliphatic hydroxyl groups is 1. The Morgan fingerprint density at radius 2 is 2.00 bits per heavy atom. The molecule has 5 nitrogen and oxygen atoms in total. The maximum atomic E-state index is 13.3. The number of aliphatic hydroxyl groups excluding tert-OH is 1. The summed E-state index contributed by atoms with van der Waals surface area (Å²) in [7, 11) is 0. The number of carbonyl (C=O) groups is 1. The minimum Gasteiger partial charge on any atom is -0.396 e. The van der Waals surface area contributed by atoms with E-state index in [1.165, 1.54) is 0 Å². The van der Waals surface area contributed by atoms with Gasteiger partial charge in [-0.15, -0.1) is 0 Å². The Balaban J connectivity index is 1.73. The van der Waals surface area contributed by atoms with E-state index in [0.717, 1.165) is 44.1 Å². The largest absolute Gasteiger partial charge is 0.396 e. The van der Waals surface area contributed by atoms with Crippen molar-refractivity contribution in [2.75, 3.05) is 6.61 Å². The van der Waals surface area contributed by atoms with Crippen LogP contribution in [0.25, 0.3) is 0 Å². The Morgan fingerprint density at radius 3 is 2.58 bits per heavy atom. The third-order valence-electron chi connectivity index (χ3n) is 6.59. The number of nitrogens with zero attached hydrogens (tertiary/aromatic N) is 2. The summed E-state index contributed by atoms with van der Waals surface area (Å²) in [4.78, 5) is 28.1. The maximum absolute atomic E-state index is 13.3. The quantitative estimate of drug-likeness (QED) is 0.921. The molecule has 1 aromatic heterocycles. The molecule has 1 amide bonds. The van der Waals surface area contributed by atoms with Gasteiger partial charge in [0.2, 0.25) is 0 Å². The Morgan fingerprint density at radius 1 is 1.29 bits per heavy atom. The molecule has 0 aromatic carbocycles. The van der Waals surface area contributed by atoms with Crippen LogP contribution >= 0.6 is 0 Å². The summed E-state index contributed by atoms with van der Waals surface area (Å²) in [5, 5.41) is 9.94. The van der Waals surface area contributed by atoms with Crippen LogP contribution in [0, 0.1) is 12.3 Å². The van der Waals surface area contributed by atoms with Crippen molar-refractivity contribution in [3.05, 3.63) is 33.7 Å². The van der Waals surface area contributed by atoms with Crippen molar-refractivity contribution in [2.45, 2.75) is 70.5 Å². The zero-order valence-corrected chi connectivity index (χ0v) is 14.5. The molecule has 2 aliphatic heterocycles. The monoisotopic (exact) mass is 330 g/mol. The molecule has 5 heteroatoms. The van der Waals surface area contributed by atoms with Gasteiger partial charge < -0.3 is 14.6 Å². The van der Waals surface area contributed by atoms with Crippen LogP contribution in [0.4, 0.5) is 0 Å². The van der Waals surface area contributed by atoms with Gasteiger partial charge in [0.25, 0.3) is 11.5 Å². The molecule has 1 saturated carbocycles. The third-order valence-corrected chi connectivity index (χ3v) is 6.59. The van der Waals surface area contributed by atoms with E-state index in [9.17, 15) is 14.7 Å². The van der Waals surface area contributed by atoms with Gasteiger partial charge in [-0.3, -0.25) is 9.59 Å². The summed E-state index contributed by atoms with van der Waals surface area (Å²) in [6.07, 6.45) is 7.53. The lowest BCUT2D eigenvalue weighted by Gasteiger charge is -2.34. The predicted octanol–water partition coefficient (Wildman–Crippen LogP) is 2.26. The van der Waals surface area contributed by atoms with Crippen LogP contribution in [-0.2, 0) is 0 Å². The number of pyridine rings is 1. The van der Waals surface area contributed by atoms with Gasteiger partial charge in [-0.1, -0.05) is 6.92 Å². The van der Waals surface area contributed by atoms with Crippen LogP contribution in [0.1, 0.15) is 67.4 Å². The predicted molar refractivity (Wildman–Crippen MR) is 91.1 cm³/mol. The molecule has 1 aliphatic carbocycles. The van der Waals surface area contributed by atoms with Gasteiger partial charge >= 0.3 is 0 Å². The van der Waals surface area contributed by atoms with E-state index >= 15 is 0 Å². The molecular formula is C19H26N2O3. The molecule has 4 rings (SSSR count). The number of rotatable bonds is 4. The number of amides is 1. The number of aryl methyl sites for hydroxylation is 1. The fraction of sp³-hybridized carbons (Fsp3) is 0.684.